The molecular formula is C17H17N5O4S. The van der Waals surface area contributed by atoms with Crippen LogP contribution in [0.2, 0.25) is 0 Å². The summed E-state index contributed by atoms with van der Waals surface area (Å²) in [6, 6.07) is 5.08. The zero-order chi connectivity index (χ0) is 19.0. The first kappa shape index (κ1) is 17.6. The molecule has 3 heterocycles. The van der Waals surface area contributed by atoms with Crippen molar-refractivity contribution in [3.63, 3.8) is 0 Å². The molecule has 0 amide bonds. The van der Waals surface area contributed by atoms with E-state index in [1.54, 1.807) is 18.3 Å². The van der Waals surface area contributed by atoms with Gasteiger partial charge in [0.25, 0.3) is 0 Å². The summed E-state index contributed by atoms with van der Waals surface area (Å²) in [6.45, 7) is 2.37. The molecule has 0 N–H and O–H groups in total. The fraction of sp³-hybridized carbons (Fsp3) is 0.294. The summed E-state index contributed by atoms with van der Waals surface area (Å²) >= 11 is 0. The molecule has 0 radical (unpaired) electrons. The fourth-order valence-corrected chi connectivity index (χ4v) is 4.61. The molecule has 0 bridgehead atoms. The number of aryl methyl sites for hydroxylation is 1. The molecule has 0 aliphatic carbocycles. The number of hydrogen-bond acceptors (Lipinski definition) is 8. The van der Waals surface area contributed by atoms with Crippen LogP contribution in [-0.2, 0) is 10.0 Å². The van der Waals surface area contributed by atoms with E-state index in [0.717, 1.165) is 5.56 Å². The molecule has 0 atom stereocenters. The highest BCUT2D eigenvalue weighted by Crippen LogP contribution is 2.35. The van der Waals surface area contributed by atoms with Crippen molar-refractivity contribution in [1.29, 1.82) is 0 Å². The molecule has 1 aliphatic heterocycles. The maximum atomic E-state index is 12.9. The van der Waals surface area contributed by atoms with Gasteiger partial charge in [-0.15, -0.1) is 0 Å². The molecule has 0 saturated carbocycles. The quantitative estimate of drug-likeness (QED) is 0.649. The maximum absolute atomic E-state index is 12.9. The number of hydrogen-bond donors (Lipinski definition) is 0. The molecular weight excluding hydrogens is 370 g/mol. The number of rotatable bonds is 5. The Hall–Kier alpha value is -2.85. The van der Waals surface area contributed by atoms with Crippen molar-refractivity contribution in [2.24, 2.45) is 0 Å². The minimum atomic E-state index is -3.66. The predicted octanol–water partition coefficient (Wildman–Crippen LogP) is 1.63. The summed E-state index contributed by atoms with van der Waals surface area (Å²) in [5, 5.41) is 3.90. The van der Waals surface area contributed by atoms with Crippen LogP contribution in [0.25, 0.3) is 11.5 Å². The summed E-state index contributed by atoms with van der Waals surface area (Å²) in [7, 11) is -2.20. The third-order valence-electron chi connectivity index (χ3n) is 4.37. The first-order valence-corrected chi connectivity index (χ1v) is 9.68. The van der Waals surface area contributed by atoms with Gasteiger partial charge in [0, 0.05) is 25.5 Å². The zero-order valence-corrected chi connectivity index (χ0v) is 15.5. The molecule has 1 fully saturated rings. The Morgan fingerprint density at radius 3 is 2.78 bits per heavy atom. The minimum absolute atomic E-state index is 0.159. The van der Waals surface area contributed by atoms with Gasteiger partial charge in [0.05, 0.1) is 19.2 Å². The third-order valence-corrected chi connectivity index (χ3v) is 6.22. The number of nitrogens with zero attached hydrogens (tertiary/aromatic N) is 5. The molecule has 4 rings (SSSR count). The monoisotopic (exact) mass is 387 g/mol. The van der Waals surface area contributed by atoms with Gasteiger partial charge < -0.3 is 9.26 Å². The molecule has 1 saturated heterocycles. The Labute approximate surface area is 156 Å². The van der Waals surface area contributed by atoms with Crippen LogP contribution in [0.5, 0.6) is 5.75 Å². The standard InChI is InChI=1S/C17H17N5O4S/c1-11-3-4-14(25-2)15(7-11)27(23,24)22-9-12(10-22)17-20-16(21-26-17)13-8-18-5-6-19-13/h3-8,12H,9-10H2,1-2H3. The summed E-state index contributed by atoms with van der Waals surface area (Å²) in [4.78, 5) is 12.6. The van der Waals surface area contributed by atoms with Crippen molar-refractivity contribution in [3.8, 4) is 17.3 Å². The Morgan fingerprint density at radius 1 is 1.26 bits per heavy atom. The predicted molar refractivity (Wildman–Crippen MR) is 94.6 cm³/mol. The summed E-state index contributed by atoms with van der Waals surface area (Å²) in [6.07, 6.45) is 4.63. The van der Waals surface area contributed by atoms with Crippen LogP contribution < -0.4 is 4.74 Å². The summed E-state index contributed by atoms with van der Waals surface area (Å²) in [5.74, 6) is 0.887. The van der Waals surface area contributed by atoms with Crippen molar-refractivity contribution in [2.75, 3.05) is 20.2 Å². The normalized spacial score (nSPS) is 15.5. The van der Waals surface area contributed by atoms with Crippen LogP contribution >= 0.6 is 0 Å². The van der Waals surface area contributed by atoms with Crippen LogP contribution in [0, 0.1) is 6.92 Å². The third kappa shape index (κ3) is 3.17. The van der Waals surface area contributed by atoms with Gasteiger partial charge in [-0.05, 0) is 24.6 Å². The average Bonchev–Trinajstić information content (AvgIpc) is 3.10. The highest BCUT2D eigenvalue weighted by molar-refractivity contribution is 7.89. The van der Waals surface area contributed by atoms with Crippen molar-refractivity contribution in [1.82, 2.24) is 24.4 Å². The molecule has 2 aromatic heterocycles. The van der Waals surface area contributed by atoms with Gasteiger partial charge in [-0.1, -0.05) is 11.2 Å². The second-order valence-electron chi connectivity index (χ2n) is 6.22. The van der Waals surface area contributed by atoms with Gasteiger partial charge in [-0.25, -0.2) is 13.4 Å². The van der Waals surface area contributed by atoms with E-state index in [0.29, 0.717) is 23.2 Å². The van der Waals surface area contributed by atoms with Crippen LogP contribution in [-0.4, -0.2) is 53.0 Å². The number of ether oxygens (including phenoxy) is 1. The molecule has 1 aliphatic rings. The van der Waals surface area contributed by atoms with Crippen LogP contribution in [0.3, 0.4) is 0 Å². The maximum Gasteiger partial charge on any atom is 0.246 e. The van der Waals surface area contributed by atoms with Gasteiger partial charge in [-0.2, -0.15) is 9.29 Å². The van der Waals surface area contributed by atoms with E-state index in [2.05, 4.69) is 20.1 Å². The molecule has 27 heavy (non-hydrogen) atoms. The molecule has 0 unspecified atom stereocenters. The Kier molecular flexibility index (Phi) is 4.36. The lowest BCUT2D eigenvalue weighted by molar-refractivity contribution is 0.216. The number of benzene rings is 1. The van der Waals surface area contributed by atoms with Gasteiger partial charge in [0.1, 0.15) is 16.3 Å². The lowest BCUT2D eigenvalue weighted by Gasteiger charge is -2.36. The van der Waals surface area contributed by atoms with Crippen molar-refractivity contribution in [3.05, 3.63) is 48.2 Å². The first-order chi connectivity index (χ1) is 13.0. The second kappa shape index (κ2) is 6.71. The number of methoxy groups -OCH3 is 1. The summed E-state index contributed by atoms with van der Waals surface area (Å²) in [5.41, 5.74) is 1.35. The van der Waals surface area contributed by atoms with E-state index in [1.165, 1.54) is 23.8 Å². The largest absolute Gasteiger partial charge is 0.495 e. The fourth-order valence-electron chi connectivity index (χ4n) is 2.83. The average molecular weight is 387 g/mol. The highest BCUT2D eigenvalue weighted by atomic mass is 32.2. The molecule has 10 heteroatoms. The smallest absolute Gasteiger partial charge is 0.246 e. The topological polar surface area (TPSA) is 111 Å². The van der Waals surface area contributed by atoms with Crippen LogP contribution in [0.1, 0.15) is 17.4 Å². The first-order valence-electron chi connectivity index (χ1n) is 8.24. The Morgan fingerprint density at radius 2 is 2.07 bits per heavy atom. The molecule has 9 nitrogen and oxygen atoms in total. The zero-order valence-electron chi connectivity index (χ0n) is 14.7. The minimum Gasteiger partial charge on any atom is -0.495 e. The SMILES string of the molecule is COc1ccc(C)cc1S(=O)(=O)N1CC(c2nc(-c3cnccn3)no2)C1. The van der Waals surface area contributed by atoms with Gasteiger partial charge in [-0.3, -0.25) is 4.98 Å². The Bertz CT molecular complexity index is 1060. The van der Waals surface area contributed by atoms with Crippen LogP contribution in [0.15, 0.2) is 46.2 Å². The van der Waals surface area contributed by atoms with Gasteiger partial charge >= 0.3 is 0 Å². The van der Waals surface area contributed by atoms with Crippen LogP contribution in [0.4, 0.5) is 0 Å². The van der Waals surface area contributed by atoms with E-state index in [9.17, 15) is 8.42 Å². The molecule has 140 valence electrons. The second-order valence-corrected chi connectivity index (χ2v) is 8.13. The Balaban J connectivity index is 1.51. The van der Waals surface area contributed by atoms with E-state index >= 15 is 0 Å². The van der Waals surface area contributed by atoms with Gasteiger partial charge in [0.15, 0.2) is 0 Å². The molecule has 1 aromatic carbocycles. The van der Waals surface area contributed by atoms with E-state index in [1.807, 2.05) is 13.0 Å². The number of aromatic nitrogens is 4. The lowest BCUT2D eigenvalue weighted by atomic mass is 10.0. The van der Waals surface area contributed by atoms with Crippen molar-refractivity contribution >= 4 is 10.0 Å². The lowest BCUT2D eigenvalue weighted by Crippen LogP contribution is -2.48. The molecule has 3 aromatic rings. The molecule has 0 spiro atoms. The van der Waals surface area contributed by atoms with Crippen molar-refractivity contribution in [2.45, 2.75) is 17.7 Å². The van der Waals surface area contributed by atoms with E-state index < -0.39 is 10.0 Å². The summed E-state index contributed by atoms with van der Waals surface area (Å²) < 4.78 is 37.7. The number of sulfonamides is 1. The van der Waals surface area contributed by atoms with E-state index in [4.69, 9.17) is 9.26 Å². The van der Waals surface area contributed by atoms with Gasteiger partial charge in [0.2, 0.25) is 21.7 Å². The van der Waals surface area contributed by atoms with E-state index in [-0.39, 0.29) is 23.9 Å². The van der Waals surface area contributed by atoms with Crippen molar-refractivity contribution < 1.29 is 17.7 Å². The highest BCUT2D eigenvalue weighted by Gasteiger charge is 2.41.